The lowest BCUT2D eigenvalue weighted by molar-refractivity contribution is 0.105. The van der Waals surface area contributed by atoms with E-state index in [4.69, 9.17) is 9.47 Å². The summed E-state index contributed by atoms with van der Waals surface area (Å²) in [5.41, 5.74) is 4.08. The zero-order chi connectivity index (χ0) is 15.2. The van der Waals surface area contributed by atoms with Crippen molar-refractivity contribution in [3.63, 3.8) is 0 Å². The van der Waals surface area contributed by atoms with Gasteiger partial charge in [-0.05, 0) is 43.5 Å². The molecule has 21 heavy (non-hydrogen) atoms. The molecule has 1 aromatic carbocycles. The maximum absolute atomic E-state index is 6.27. The summed E-state index contributed by atoms with van der Waals surface area (Å²) in [6.07, 6.45) is 3.71. The zero-order valence-electron chi connectivity index (χ0n) is 13.2. The first-order valence-electron chi connectivity index (χ1n) is 7.30. The highest BCUT2D eigenvalue weighted by Gasteiger charge is 2.34. The van der Waals surface area contributed by atoms with E-state index in [-0.39, 0.29) is 5.60 Å². The Hall–Kier alpha value is -2.03. The van der Waals surface area contributed by atoms with Gasteiger partial charge in [0, 0.05) is 23.5 Å². The van der Waals surface area contributed by atoms with Gasteiger partial charge in [-0.15, -0.1) is 0 Å². The maximum atomic E-state index is 6.27. The van der Waals surface area contributed by atoms with Crippen molar-refractivity contribution in [2.24, 2.45) is 0 Å². The van der Waals surface area contributed by atoms with Gasteiger partial charge in [0.25, 0.3) is 0 Å². The normalized spacial score (nSPS) is 15.1. The molecule has 2 aromatic rings. The molecule has 0 atom stereocenters. The van der Waals surface area contributed by atoms with Crippen molar-refractivity contribution in [1.29, 1.82) is 0 Å². The highest BCUT2D eigenvalue weighted by atomic mass is 16.5. The summed E-state index contributed by atoms with van der Waals surface area (Å²) in [7, 11) is 1.70. The predicted molar refractivity (Wildman–Crippen MR) is 84.0 cm³/mol. The van der Waals surface area contributed by atoms with Crippen LogP contribution in [-0.4, -0.2) is 12.1 Å². The number of ether oxygens (including phenoxy) is 2. The predicted octanol–water partition coefficient (Wildman–Crippen LogP) is 4.51. The Morgan fingerprint density at radius 1 is 1.24 bits per heavy atom. The molecule has 0 saturated carbocycles. The van der Waals surface area contributed by atoms with E-state index in [2.05, 4.69) is 44.8 Å². The van der Waals surface area contributed by atoms with E-state index in [9.17, 15) is 0 Å². The van der Waals surface area contributed by atoms with E-state index in [0.717, 1.165) is 28.2 Å². The number of aromatic nitrogens is 1. The van der Waals surface area contributed by atoms with Crippen LogP contribution in [0.5, 0.6) is 11.5 Å². The van der Waals surface area contributed by atoms with Crippen molar-refractivity contribution in [1.82, 2.24) is 4.98 Å². The molecule has 1 aliphatic heterocycles. The number of pyridine rings is 1. The molecule has 3 nitrogen and oxygen atoms in total. The van der Waals surface area contributed by atoms with Crippen LogP contribution in [0.4, 0.5) is 0 Å². The van der Waals surface area contributed by atoms with Gasteiger partial charge in [-0.2, -0.15) is 0 Å². The van der Waals surface area contributed by atoms with Gasteiger partial charge in [-0.1, -0.05) is 13.8 Å². The summed E-state index contributed by atoms with van der Waals surface area (Å²) in [6, 6.07) is 6.25. The number of methoxy groups -OCH3 is 1. The van der Waals surface area contributed by atoms with Crippen LogP contribution in [0.25, 0.3) is 11.1 Å². The standard InChI is InChI=1S/C18H21NO2/c1-11(2)12-8-15(20-5)17-13-10-19-7-6-14(13)18(3,4)21-16(17)9-12/h6-11H,1-5H3. The molecule has 3 rings (SSSR count). The fraction of sp³-hybridized carbons (Fsp3) is 0.389. The van der Waals surface area contributed by atoms with Gasteiger partial charge in [0.05, 0.1) is 12.7 Å². The Morgan fingerprint density at radius 3 is 2.67 bits per heavy atom. The van der Waals surface area contributed by atoms with Gasteiger partial charge in [0.2, 0.25) is 0 Å². The molecule has 0 saturated heterocycles. The number of hydrogen-bond acceptors (Lipinski definition) is 3. The molecule has 0 spiro atoms. The van der Waals surface area contributed by atoms with Crippen molar-refractivity contribution in [3.05, 3.63) is 41.7 Å². The average Bonchev–Trinajstić information content (AvgIpc) is 2.45. The second-order valence-corrected chi connectivity index (χ2v) is 6.28. The van der Waals surface area contributed by atoms with E-state index in [1.54, 1.807) is 7.11 Å². The zero-order valence-corrected chi connectivity index (χ0v) is 13.2. The highest BCUT2D eigenvalue weighted by molar-refractivity contribution is 5.81. The molecule has 2 heterocycles. The number of hydrogen-bond donors (Lipinski definition) is 0. The molecule has 0 unspecified atom stereocenters. The van der Waals surface area contributed by atoms with Crippen molar-refractivity contribution >= 4 is 0 Å². The van der Waals surface area contributed by atoms with Crippen LogP contribution in [0, 0.1) is 0 Å². The Balaban J connectivity index is 2.31. The van der Waals surface area contributed by atoms with Crippen LogP contribution >= 0.6 is 0 Å². The third-order valence-electron chi connectivity index (χ3n) is 4.08. The second kappa shape index (κ2) is 4.76. The molecule has 1 aromatic heterocycles. The highest BCUT2D eigenvalue weighted by Crippen LogP contribution is 2.49. The minimum Gasteiger partial charge on any atom is -0.496 e. The smallest absolute Gasteiger partial charge is 0.132 e. The van der Waals surface area contributed by atoms with Crippen molar-refractivity contribution in [2.45, 2.75) is 39.2 Å². The van der Waals surface area contributed by atoms with Gasteiger partial charge in [0.15, 0.2) is 0 Å². The van der Waals surface area contributed by atoms with Gasteiger partial charge >= 0.3 is 0 Å². The lowest BCUT2D eigenvalue weighted by atomic mass is 9.86. The quantitative estimate of drug-likeness (QED) is 0.812. The Morgan fingerprint density at radius 2 is 2.00 bits per heavy atom. The van der Waals surface area contributed by atoms with Crippen molar-refractivity contribution < 1.29 is 9.47 Å². The van der Waals surface area contributed by atoms with Crippen LogP contribution in [0.3, 0.4) is 0 Å². The fourth-order valence-corrected chi connectivity index (χ4v) is 2.90. The molecule has 110 valence electrons. The Kier molecular flexibility index (Phi) is 3.16. The summed E-state index contributed by atoms with van der Waals surface area (Å²) in [5.74, 6) is 2.15. The summed E-state index contributed by atoms with van der Waals surface area (Å²) >= 11 is 0. The topological polar surface area (TPSA) is 31.4 Å². The van der Waals surface area contributed by atoms with Crippen molar-refractivity contribution in [3.8, 4) is 22.6 Å². The minimum absolute atomic E-state index is 0.369. The van der Waals surface area contributed by atoms with Gasteiger partial charge in [0.1, 0.15) is 17.1 Å². The lowest BCUT2D eigenvalue weighted by Crippen LogP contribution is -2.29. The summed E-state index contributed by atoms with van der Waals surface area (Å²) in [5, 5.41) is 0. The van der Waals surface area contributed by atoms with E-state index in [0.29, 0.717) is 5.92 Å². The van der Waals surface area contributed by atoms with Crippen LogP contribution < -0.4 is 9.47 Å². The second-order valence-electron chi connectivity index (χ2n) is 6.28. The molecule has 0 radical (unpaired) electrons. The molecular formula is C18H21NO2. The van der Waals surface area contributed by atoms with E-state index in [1.165, 1.54) is 5.56 Å². The van der Waals surface area contributed by atoms with Crippen LogP contribution in [0.1, 0.15) is 44.7 Å². The van der Waals surface area contributed by atoms with E-state index in [1.807, 2.05) is 18.5 Å². The molecule has 0 amide bonds. The first-order valence-corrected chi connectivity index (χ1v) is 7.30. The SMILES string of the molecule is COc1cc(C(C)C)cc2c1-c1cnccc1C(C)(C)O2. The molecule has 3 heteroatoms. The minimum atomic E-state index is -0.369. The van der Waals surface area contributed by atoms with Crippen LogP contribution in [0.2, 0.25) is 0 Å². The van der Waals surface area contributed by atoms with Crippen LogP contribution in [0.15, 0.2) is 30.6 Å². The Labute approximate surface area is 125 Å². The number of fused-ring (bicyclic) bond motifs is 3. The Bertz CT molecular complexity index is 690. The number of rotatable bonds is 2. The summed E-state index contributed by atoms with van der Waals surface area (Å²) in [4.78, 5) is 4.28. The maximum Gasteiger partial charge on any atom is 0.132 e. The molecule has 0 bridgehead atoms. The van der Waals surface area contributed by atoms with Crippen LogP contribution in [-0.2, 0) is 5.60 Å². The third kappa shape index (κ3) is 2.17. The van der Waals surface area contributed by atoms with Gasteiger partial charge in [-0.25, -0.2) is 0 Å². The molecule has 0 fully saturated rings. The average molecular weight is 283 g/mol. The molecule has 0 N–H and O–H groups in total. The summed E-state index contributed by atoms with van der Waals surface area (Å²) in [6.45, 7) is 8.52. The van der Waals surface area contributed by atoms with E-state index < -0.39 is 0 Å². The van der Waals surface area contributed by atoms with E-state index >= 15 is 0 Å². The monoisotopic (exact) mass is 283 g/mol. The first-order chi connectivity index (χ1) is 9.94. The largest absolute Gasteiger partial charge is 0.496 e. The number of benzene rings is 1. The summed E-state index contributed by atoms with van der Waals surface area (Å²) < 4.78 is 11.9. The fourth-order valence-electron chi connectivity index (χ4n) is 2.90. The molecular weight excluding hydrogens is 262 g/mol. The first kappa shape index (κ1) is 13.9. The molecule has 1 aliphatic rings. The third-order valence-corrected chi connectivity index (χ3v) is 4.08. The lowest BCUT2D eigenvalue weighted by Gasteiger charge is -2.35. The number of nitrogens with zero attached hydrogens (tertiary/aromatic N) is 1. The molecule has 0 aliphatic carbocycles. The van der Waals surface area contributed by atoms with Crippen molar-refractivity contribution in [2.75, 3.05) is 7.11 Å². The van der Waals surface area contributed by atoms with Gasteiger partial charge < -0.3 is 9.47 Å². The van der Waals surface area contributed by atoms with Gasteiger partial charge in [-0.3, -0.25) is 4.98 Å².